The molecule has 2 amide bonds. The topological polar surface area (TPSA) is 93.7 Å². The number of ether oxygens (including phenoxy) is 2. The molecule has 7 heteroatoms. The summed E-state index contributed by atoms with van der Waals surface area (Å²) in [5.41, 5.74) is 1.72. The highest BCUT2D eigenvalue weighted by Gasteiger charge is 2.27. The minimum atomic E-state index is -0.905. The van der Waals surface area contributed by atoms with Crippen molar-refractivity contribution in [1.82, 2.24) is 10.6 Å². The SMILES string of the molecule is CCCCCCCC[C@@H](NC(=O)[C@H](Cc1ccccc1)NC(=O)OCc1ccccc1)C(=O)OC. The number of rotatable bonds is 15. The first-order valence-electron chi connectivity index (χ1n) is 12.4. The molecule has 0 aliphatic heterocycles. The standard InChI is InChI=1S/C28H38N2O5/c1-3-4-5-6-7-14-19-24(27(32)34-2)29-26(31)25(20-22-15-10-8-11-16-22)30-28(33)35-21-23-17-12-9-13-18-23/h8-13,15-18,24-25H,3-7,14,19-21H2,1-2H3,(H,29,31)(H,30,33)/t24-,25+/m1/s1. The number of carbonyl (C=O) groups excluding carboxylic acids is 3. The molecule has 0 aliphatic rings. The van der Waals surface area contributed by atoms with Crippen LogP contribution in [0.2, 0.25) is 0 Å². The van der Waals surface area contributed by atoms with Crippen molar-refractivity contribution >= 4 is 18.0 Å². The van der Waals surface area contributed by atoms with E-state index in [0.717, 1.165) is 30.4 Å². The minimum Gasteiger partial charge on any atom is -0.467 e. The second-order valence-corrected chi connectivity index (χ2v) is 8.59. The molecule has 2 aromatic carbocycles. The maximum absolute atomic E-state index is 13.2. The van der Waals surface area contributed by atoms with Gasteiger partial charge in [0.15, 0.2) is 0 Å². The predicted octanol–water partition coefficient (Wildman–Crippen LogP) is 4.93. The van der Waals surface area contributed by atoms with E-state index >= 15 is 0 Å². The van der Waals surface area contributed by atoms with Crippen molar-refractivity contribution in [3.63, 3.8) is 0 Å². The molecule has 0 saturated carbocycles. The zero-order valence-corrected chi connectivity index (χ0v) is 20.8. The molecule has 2 atom stereocenters. The highest BCUT2D eigenvalue weighted by Crippen LogP contribution is 2.11. The highest BCUT2D eigenvalue weighted by molar-refractivity contribution is 5.89. The number of unbranched alkanes of at least 4 members (excludes halogenated alkanes) is 5. The maximum Gasteiger partial charge on any atom is 0.408 e. The first kappa shape index (κ1) is 27.9. The molecule has 2 N–H and O–H groups in total. The van der Waals surface area contributed by atoms with Gasteiger partial charge in [-0.1, -0.05) is 106 Å². The Morgan fingerprint density at radius 2 is 1.37 bits per heavy atom. The van der Waals surface area contributed by atoms with Crippen LogP contribution in [0.25, 0.3) is 0 Å². The number of methoxy groups -OCH3 is 1. The van der Waals surface area contributed by atoms with Gasteiger partial charge in [-0.2, -0.15) is 0 Å². The van der Waals surface area contributed by atoms with Gasteiger partial charge in [0, 0.05) is 6.42 Å². The largest absolute Gasteiger partial charge is 0.467 e. The normalized spacial score (nSPS) is 12.3. The first-order chi connectivity index (χ1) is 17.0. The predicted molar refractivity (Wildman–Crippen MR) is 136 cm³/mol. The van der Waals surface area contributed by atoms with Crippen molar-refractivity contribution in [2.75, 3.05) is 7.11 Å². The molecule has 0 heterocycles. The minimum absolute atomic E-state index is 0.0924. The molecule has 0 aliphatic carbocycles. The van der Waals surface area contributed by atoms with Gasteiger partial charge in [-0.3, -0.25) is 4.79 Å². The van der Waals surface area contributed by atoms with Gasteiger partial charge in [0.05, 0.1) is 7.11 Å². The summed E-state index contributed by atoms with van der Waals surface area (Å²) >= 11 is 0. The van der Waals surface area contributed by atoms with E-state index in [1.807, 2.05) is 60.7 Å². The summed E-state index contributed by atoms with van der Waals surface area (Å²) in [5.74, 6) is -0.941. The van der Waals surface area contributed by atoms with Crippen LogP contribution in [0, 0.1) is 0 Å². The van der Waals surface area contributed by atoms with E-state index in [0.29, 0.717) is 6.42 Å². The summed E-state index contributed by atoms with van der Waals surface area (Å²) in [6, 6.07) is 17.0. The van der Waals surface area contributed by atoms with E-state index < -0.39 is 30.1 Å². The fourth-order valence-corrected chi connectivity index (χ4v) is 3.76. The number of hydrogen-bond acceptors (Lipinski definition) is 5. The van der Waals surface area contributed by atoms with Gasteiger partial charge in [-0.25, -0.2) is 9.59 Å². The average Bonchev–Trinajstić information content (AvgIpc) is 2.89. The maximum atomic E-state index is 13.2. The number of esters is 1. The van der Waals surface area contributed by atoms with Crippen LogP contribution in [0.4, 0.5) is 4.79 Å². The Morgan fingerprint density at radius 3 is 2.00 bits per heavy atom. The average molecular weight is 483 g/mol. The smallest absolute Gasteiger partial charge is 0.408 e. The van der Waals surface area contributed by atoms with E-state index in [9.17, 15) is 14.4 Å². The Balaban J connectivity index is 2.00. The lowest BCUT2D eigenvalue weighted by Crippen LogP contribution is -2.52. The fraction of sp³-hybridized carbons (Fsp3) is 0.464. The molecule has 0 radical (unpaired) electrons. The van der Waals surface area contributed by atoms with Crippen LogP contribution in [0.5, 0.6) is 0 Å². The molecule has 0 saturated heterocycles. The molecule has 0 bridgehead atoms. The van der Waals surface area contributed by atoms with Gasteiger partial charge in [0.25, 0.3) is 0 Å². The second kappa shape index (κ2) is 16.3. The highest BCUT2D eigenvalue weighted by atomic mass is 16.5. The van der Waals surface area contributed by atoms with Crippen LogP contribution in [-0.4, -0.2) is 37.2 Å². The van der Waals surface area contributed by atoms with Crippen molar-refractivity contribution in [3.8, 4) is 0 Å². The number of alkyl carbamates (subject to hydrolysis) is 1. The summed E-state index contributed by atoms with van der Waals surface area (Å²) in [6.07, 6.45) is 6.48. The van der Waals surface area contributed by atoms with E-state index in [1.54, 1.807) is 0 Å². The van der Waals surface area contributed by atoms with Gasteiger partial charge < -0.3 is 20.1 Å². The molecule has 0 unspecified atom stereocenters. The Bertz CT molecular complexity index is 889. The lowest BCUT2D eigenvalue weighted by Gasteiger charge is -2.22. The zero-order valence-electron chi connectivity index (χ0n) is 20.8. The summed E-state index contributed by atoms with van der Waals surface area (Å²) < 4.78 is 10.2. The van der Waals surface area contributed by atoms with Crippen molar-refractivity contribution in [2.24, 2.45) is 0 Å². The molecular weight excluding hydrogens is 444 g/mol. The van der Waals surface area contributed by atoms with Crippen molar-refractivity contribution in [2.45, 2.75) is 77.0 Å². The third-order valence-electron chi connectivity index (χ3n) is 5.75. The Kier molecular flexibility index (Phi) is 13.0. The number of nitrogens with one attached hydrogen (secondary N) is 2. The van der Waals surface area contributed by atoms with Crippen LogP contribution in [0.15, 0.2) is 60.7 Å². The summed E-state index contributed by atoms with van der Waals surface area (Å²) in [7, 11) is 1.31. The molecule has 2 aromatic rings. The number of carbonyl (C=O) groups is 3. The van der Waals surface area contributed by atoms with Gasteiger partial charge in [0.1, 0.15) is 18.7 Å². The third-order valence-corrected chi connectivity index (χ3v) is 5.75. The quantitative estimate of drug-likeness (QED) is 0.277. The van der Waals surface area contributed by atoms with Crippen LogP contribution in [-0.2, 0) is 32.1 Å². The molecule has 0 spiro atoms. The van der Waals surface area contributed by atoms with Crippen LogP contribution in [0.3, 0.4) is 0 Å². The van der Waals surface area contributed by atoms with Crippen LogP contribution < -0.4 is 10.6 Å². The van der Waals surface area contributed by atoms with Gasteiger partial charge in [-0.05, 0) is 17.5 Å². The Labute approximate surface area is 208 Å². The fourth-order valence-electron chi connectivity index (χ4n) is 3.76. The molecule has 0 fully saturated rings. The van der Waals surface area contributed by atoms with Crippen LogP contribution >= 0.6 is 0 Å². The molecule has 0 aromatic heterocycles. The lowest BCUT2D eigenvalue weighted by atomic mass is 10.0. The third kappa shape index (κ3) is 11.1. The summed E-state index contributed by atoms with van der Waals surface area (Å²) in [5, 5.41) is 5.45. The number of amides is 2. The van der Waals surface area contributed by atoms with Gasteiger partial charge in [-0.15, -0.1) is 0 Å². The van der Waals surface area contributed by atoms with E-state index in [-0.39, 0.29) is 13.0 Å². The Hall–Kier alpha value is -3.35. The summed E-state index contributed by atoms with van der Waals surface area (Å²) in [6.45, 7) is 2.26. The lowest BCUT2D eigenvalue weighted by molar-refractivity contribution is -0.145. The van der Waals surface area contributed by atoms with Crippen LogP contribution in [0.1, 0.15) is 63.0 Å². The van der Waals surface area contributed by atoms with E-state index in [1.165, 1.54) is 26.4 Å². The van der Waals surface area contributed by atoms with Crippen molar-refractivity contribution in [3.05, 3.63) is 71.8 Å². The number of hydrogen-bond donors (Lipinski definition) is 2. The Morgan fingerprint density at radius 1 is 0.771 bits per heavy atom. The summed E-state index contributed by atoms with van der Waals surface area (Å²) in [4.78, 5) is 38.0. The van der Waals surface area contributed by atoms with Crippen molar-refractivity contribution < 1.29 is 23.9 Å². The van der Waals surface area contributed by atoms with Crippen molar-refractivity contribution in [1.29, 1.82) is 0 Å². The zero-order chi connectivity index (χ0) is 25.3. The molecule has 190 valence electrons. The molecule has 35 heavy (non-hydrogen) atoms. The van der Waals surface area contributed by atoms with Gasteiger partial charge in [0.2, 0.25) is 5.91 Å². The van der Waals surface area contributed by atoms with E-state index in [2.05, 4.69) is 17.6 Å². The second-order valence-electron chi connectivity index (χ2n) is 8.59. The molecule has 2 rings (SSSR count). The van der Waals surface area contributed by atoms with Gasteiger partial charge >= 0.3 is 12.1 Å². The molecular formula is C28H38N2O5. The van der Waals surface area contributed by atoms with E-state index in [4.69, 9.17) is 9.47 Å². The first-order valence-corrected chi connectivity index (χ1v) is 12.4. The monoisotopic (exact) mass is 482 g/mol. The number of benzene rings is 2. The molecule has 7 nitrogen and oxygen atoms in total.